The summed E-state index contributed by atoms with van der Waals surface area (Å²) >= 11 is 7.67. The summed E-state index contributed by atoms with van der Waals surface area (Å²) in [5, 5.41) is 17.3. The highest BCUT2D eigenvalue weighted by atomic mass is 35.5. The fourth-order valence-corrected chi connectivity index (χ4v) is 3.73. The SMILES string of the molecule is CCCCn1nc(Cc2cc3c(cc2Cl)OCO3)c(C(=O)[O-])c1SC. The zero-order valence-corrected chi connectivity index (χ0v) is 15.6. The number of benzene rings is 1. The molecule has 0 radical (unpaired) electrons. The number of carboxylic acid groups (broad SMARTS) is 1. The van der Waals surface area contributed by atoms with Gasteiger partial charge in [0.1, 0.15) is 5.03 Å². The van der Waals surface area contributed by atoms with E-state index < -0.39 is 5.97 Å². The van der Waals surface area contributed by atoms with Crippen LogP contribution in [0.25, 0.3) is 0 Å². The van der Waals surface area contributed by atoms with Gasteiger partial charge >= 0.3 is 0 Å². The first-order valence-electron chi connectivity index (χ1n) is 7.98. The van der Waals surface area contributed by atoms with Crippen LogP contribution in [0, 0.1) is 0 Å². The van der Waals surface area contributed by atoms with E-state index in [0.29, 0.717) is 33.8 Å². The van der Waals surface area contributed by atoms with E-state index >= 15 is 0 Å². The monoisotopic (exact) mass is 381 g/mol. The number of rotatable bonds is 7. The van der Waals surface area contributed by atoms with Crippen molar-refractivity contribution >= 4 is 29.3 Å². The average molecular weight is 382 g/mol. The Morgan fingerprint density at radius 2 is 2.12 bits per heavy atom. The molecule has 0 saturated carbocycles. The van der Waals surface area contributed by atoms with Gasteiger partial charge in [0.15, 0.2) is 11.5 Å². The lowest BCUT2D eigenvalue weighted by atomic mass is 10.1. The summed E-state index contributed by atoms with van der Waals surface area (Å²) in [7, 11) is 0. The van der Waals surface area contributed by atoms with Gasteiger partial charge in [0.25, 0.3) is 0 Å². The zero-order valence-electron chi connectivity index (χ0n) is 14.0. The average Bonchev–Trinajstić information content (AvgIpc) is 3.16. The minimum absolute atomic E-state index is 0.136. The molecule has 0 spiro atoms. The minimum Gasteiger partial charge on any atom is -0.545 e. The van der Waals surface area contributed by atoms with Crippen LogP contribution < -0.4 is 14.6 Å². The van der Waals surface area contributed by atoms with Gasteiger partial charge < -0.3 is 19.4 Å². The van der Waals surface area contributed by atoms with Crippen molar-refractivity contribution in [1.29, 1.82) is 0 Å². The highest BCUT2D eigenvalue weighted by Gasteiger charge is 2.22. The summed E-state index contributed by atoms with van der Waals surface area (Å²) in [6, 6.07) is 3.45. The third-order valence-electron chi connectivity index (χ3n) is 4.00. The summed E-state index contributed by atoms with van der Waals surface area (Å²) in [6.07, 6.45) is 4.04. The lowest BCUT2D eigenvalue weighted by Crippen LogP contribution is -2.24. The fraction of sp³-hybridized carbons (Fsp3) is 0.412. The molecule has 0 N–H and O–H groups in total. The molecule has 1 aliphatic rings. The molecule has 0 unspecified atom stereocenters. The van der Waals surface area contributed by atoms with Crippen LogP contribution in [0.3, 0.4) is 0 Å². The molecule has 2 aromatic rings. The van der Waals surface area contributed by atoms with Gasteiger partial charge in [-0.15, -0.1) is 11.8 Å². The molecule has 25 heavy (non-hydrogen) atoms. The molecule has 2 heterocycles. The van der Waals surface area contributed by atoms with Crippen molar-refractivity contribution in [3.05, 3.63) is 34.0 Å². The van der Waals surface area contributed by atoms with E-state index in [1.165, 1.54) is 11.8 Å². The molecular weight excluding hydrogens is 364 g/mol. The topological polar surface area (TPSA) is 76.4 Å². The Kier molecular flexibility index (Phi) is 5.44. The summed E-state index contributed by atoms with van der Waals surface area (Å²) in [4.78, 5) is 11.7. The normalized spacial score (nSPS) is 12.6. The van der Waals surface area contributed by atoms with E-state index in [4.69, 9.17) is 21.1 Å². The number of aryl methyl sites for hydroxylation is 1. The van der Waals surface area contributed by atoms with Crippen LogP contribution in [-0.2, 0) is 13.0 Å². The first kappa shape index (κ1) is 17.9. The predicted octanol–water partition coefficient (Wildman–Crippen LogP) is 2.74. The standard InChI is InChI=1S/C17H19ClN2O4S/c1-3-4-5-20-16(25-2)15(17(21)22)12(19-20)6-10-7-13-14(8-11(10)18)24-9-23-13/h7-8H,3-6,9H2,1-2H3,(H,21,22)/p-1. The number of nitrogens with zero attached hydrogens (tertiary/aromatic N) is 2. The Hall–Kier alpha value is -1.86. The van der Waals surface area contributed by atoms with Crippen molar-refractivity contribution in [2.75, 3.05) is 13.0 Å². The fourth-order valence-electron chi connectivity index (χ4n) is 2.76. The molecule has 134 valence electrons. The Bertz CT molecular complexity index is 806. The molecular formula is C17H18ClN2O4S-. The number of thioether (sulfide) groups is 1. The van der Waals surface area contributed by atoms with Gasteiger partial charge in [-0.2, -0.15) is 5.10 Å². The van der Waals surface area contributed by atoms with Crippen molar-refractivity contribution in [3.63, 3.8) is 0 Å². The summed E-state index contributed by atoms with van der Waals surface area (Å²) in [5.74, 6) is -0.0315. The van der Waals surface area contributed by atoms with E-state index in [1.54, 1.807) is 16.8 Å². The van der Waals surface area contributed by atoms with Crippen molar-refractivity contribution in [2.45, 2.75) is 37.8 Å². The van der Waals surface area contributed by atoms with Gasteiger partial charge in [0.2, 0.25) is 6.79 Å². The highest BCUT2D eigenvalue weighted by Crippen LogP contribution is 2.38. The molecule has 6 nitrogen and oxygen atoms in total. The summed E-state index contributed by atoms with van der Waals surface area (Å²) in [6.45, 7) is 2.90. The Balaban J connectivity index is 1.99. The van der Waals surface area contributed by atoms with Crippen molar-refractivity contribution < 1.29 is 19.4 Å². The number of aromatic carboxylic acids is 1. The first-order chi connectivity index (χ1) is 12.0. The van der Waals surface area contributed by atoms with E-state index in [0.717, 1.165) is 18.4 Å². The third kappa shape index (κ3) is 3.57. The number of carboxylic acids is 1. The molecule has 0 fully saturated rings. The van der Waals surface area contributed by atoms with Crippen LogP contribution in [0.1, 0.15) is 41.4 Å². The number of unbranched alkanes of at least 4 members (excludes halogenated alkanes) is 1. The third-order valence-corrected chi connectivity index (χ3v) is 5.15. The number of hydrogen-bond donors (Lipinski definition) is 0. The van der Waals surface area contributed by atoms with Crippen LogP contribution in [0.4, 0.5) is 0 Å². The first-order valence-corrected chi connectivity index (χ1v) is 9.58. The molecule has 1 aromatic carbocycles. The maximum absolute atomic E-state index is 11.7. The van der Waals surface area contributed by atoms with Gasteiger partial charge in [0.05, 0.1) is 17.2 Å². The zero-order chi connectivity index (χ0) is 18.0. The lowest BCUT2D eigenvalue weighted by molar-refractivity contribution is -0.255. The lowest BCUT2D eigenvalue weighted by Gasteiger charge is -2.08. The van der Waals surface area contributed by atoms with E-state index in [2.05, 4.69) is 12.0 Å². The van der Waals surface area contributed by atoms with Crippen molar-refractivity contribution in [2.24, 2.45) is 0 Å². The van der Waals surface area contributed by atoms with Crippen LogP contribution >= 0.6 is 23.4 Å². The second-order valence-corrected chi connectivity index (χ2v) is 6.87. The minimum atomic E-state index is -1.22. The number of carbonyl (C=O) groups excluding carboxylic acids is 1. The maximum Gasteiger partial charge on any atom is 0.231 e. The largest absolute Gasteiger partial charge is 0.545 e. The van der Waals surface area contributed by atoms with E-state index in [-0.39, 0.29) is 18.8 Å². The van der Waals surface area contributed by atoms with Gasteiger partial charge in [-0.1, -0.05) is 24.9 Å². The van der Waals surface area contributed by atoms with Crippen molar-refractivity contribution in [3.8, 4) is 11.5 Å². The molecule has 0 atom stereocenters. The molecule has 0 saturated heterocycles. The smallest absolute Gasteiger partial charge is 0.231 e. The summed E-state index contributed by atoms with van der Waals surface area (Å²) in [5.41, 5.74) is 1.32. The Morgan fingerprint density at radius 1 is 1.40 bits per heavy atom. The van der Waals surface area contributed by atoms with Crippen molar-refractivity contribution in [1.82, 2.24) is 9.78 Å². The van der Waals surface area contributed by atoms with Crippen LogP contribution in [0.2, 0.25) is 5.02 Å². The molecule has 1 aromatic heterocycles. The molecule has 0 bridgehead atoms. The molecule has 0 aliphatic carbocycles. The van der Waals surface area contributed by atoms with Crippen LogP contribution in [-0.4, -0.2) is 28.8 Å². The van der Waals surface area contributed by atoms with Crippen LogP contribution in [0.5, 0.6) is 11.5 Å². The van der Waals surface area contributed by atoms with Gasteiger partial charge in [-0.05, 0) is 24.3 Å². The number of halogens is 1. The quantitative estimate of drug-likeness (QED) is 0.686. The van der Waals surface area contributed by atoms with Gasteiger partial charge in [-0.3, -0.25) is 4.68 Å². The van der Waals surface area contributed by atoms with Gasteiger partial charge in [0, 0.05) is 24.1 Å². The second kappa shape index (κ2) is 7.58. The molecule has 1 aliphatic heterocycles. The number of carbonyl (C=O) groups is 1. The molecule has 3 rings (SSSR count). The molecule has 8 heteroatoms. The number of fused-ring (bicyclic) bond motifs is 1. The number of aromatic nitrogens is 2. The second-order valence-electron chi connectivity index (χ2n) is 5.67. The predicted molar refractivity (Wildman–Crippen MR) is 93.6 cm³/mol. The Labute approximate surface area is 155 Å². The number of hydrogen-bond acceptors (Lipinski definition) is 6. The van der Waals surface area contributed by atoms with Crippen LogP contribution in [0.15, 0.2) is 17.2 Å². The maximum atomic E-state index is 11.7. The molecule has 0 amide bonds. The Morgan fingerprint density at radius 3 is 2.76 bits per heavy atom. The van der Waals surface area contributed by atoms with E-state index in [1.807, 2.05) is 6.26 Å². The van der Waals surface area contributed by atoms with Gasteiger partial charge in [-0.25, -0.2) is 0 Å². The van der Waals surface area contributed by atoms with E-state index in [9.17, 15) is 9.90 Å². The number of ether oxygens (including phenoxy) is 2. The summed E-state index contributed by atoms with van der Waals surface area (Å²) < 4.78 is 12.4. The highest BCUT2D eigenvalue weighted by molar-refractivity contribution is 7.98.